The molecule has 0 saturated heterocycles. The Kier molecular flexibility index (Phi) is 2.92. The van der Waals surface area contributed by atoms with Crippen LogP contribution in [0, 0.1) is 6.92 Å². The van der Waals surface area contributed by atoms with E-state index in [1.54, 1.807) is 7.11 Å². The van der Waals surface area contributed by atoms with E-state index >= 15 is 0 Å². The van der Waals surface area contributed by atoms with Crippen LogP contribution in [0.1, 0.15) is 11.3 Å². The van der Waals surface area contributed by atoms with Crippen molar-refractivity contribution in [3.8, 4) is 11.4 Å². The minimum absolute atomic E-state index is 0.464. The van der Waals surface area contributed by atoms with E-state index in [0.29, 0.717) is 6.54 Å². The molecule has 0 aliphatic rings. The first kappa shape index (κ1) is 10.7. The highest BCUT2D eigenvalue weighted by Gasteiger charge is 2.05. The quantitative estimate of drug-likeness (QED) is 0.850. The molecule has 2 aromatic rings. The van der Waals surface area contributed by atoms with Crippen molar-refractivity contribution < 1.29 is 4.74 Å². The van der Waals surface area contributed by atoms with Crippen LogP contribution in [0.4, 0.5) is 0 Å². The van der Waals surface area contributed by atoms with E-state index in [0.717, 1.165) is 22.7 Å². The monoisotopic (exact) mass is 217 g/mol. The average molecular weight is 217 g/mol. The molecule has 4 nitrogen and oxygen atoms in total. The van der Waals surface area contributed by atoms with Crippen LogP contribution in [0.5, 0.6) is 5.75 Å². The maximum Gasteiger partial charge on any atom is 0.119 e. The molecule has 0 radical (unpaired) electrons. The van der Waals surface area contributed by atoms with Gasteiger partial charge in [0.15, 0.2) is 0 Å². The predicted molar refractivity (Wildman–Crippen MR) is 62.7 cm³/mol. The molecule has 16 heavy (non-hydrogen) atoms. The zero-order valence-corrected chi connectivity index (χ0v) is 9.47. The Labute approximate surface area is 94.6 Å². The summed E-state index contributed by atoms with van der Waals surface area (Å²) >= 11 is 0. The van der Waals surface area contributed by atoms with Gasteiger partial charge in [0.2, 0.25) is 0 Å². The fourth-order valence-electron chi connectivity index (χ4n) is 1.63. The molecule has 2 N–H and O–H groups in total. The van der Waals surface area contributed by atoms with Crippen molar-refractivity contribution in [2.24, 2.45) is 5.73 Å². The minimum Gasteiger partial charge on any atom is -0.497 e. The summed E-state index contributed by atoms with van der Waals surface area (Å²) in [7, 11) is 1.65. The number of nitrogens with two attached hydrogens (primary N) is 1. The molecule has 1 heterocycles. The number of methoxy groups -OCH3 is 1. The van der Waals surface area contributed by atoms with Gasteiger partial charge < -0.3 is 10.5 Å². The molecule has 0 amide bonds. The summed E-state index contributed by atoms with van der Waals surface area (Å²) in [4.78, 5) is 0. The van der Waals surface area contributed by atoms with E-state index in [1.807, 2.05) is 42.1 Å². The molecule has 0 atom stereocenters. The van der Waals surface area contributed by atoms with E-state index < -0.39 is 0 Å². The highest BCUT2D eigenvalue weighted by Crippen LogP contribution is 2.20. The Morgan fingerprint density at radius 3 is 2.75 bits per heavy atom. The molecule has 0 aliphatic carbocycles. The van der Waals surface area contributed by atoms with Crippen LogP contribution >= 0.6 is 0 Å². The van der Waals surface area contributed by atoms with Gasteiger partial charge in [-0.15, -0.1) is 0 Å². The van der Waals surface area contributed by atoms with Crippen LogP contribution < -0.4 is 10.5 Å². The summed E-state index contributed by atoms with van der Waals surface area (Å²) in [5, 5.41) is 4.37. The molecule has 0 fully saturated rings. The highest BCUT2D eigenvalue weighted by atomic mass is 16.5. The van der Waals surface area contributed by atoms with Crippen molar-refractivity contribution in [3.63, 3.8) is 0 Å². The lowest BCUT2D eigenvalue weighted by atomic mass is 10.1. The lowest BCUT2D eigenvalue weighted by Crippen LogP contribution is -2.05. The molecule has 84 valence electrons. The van der Waals surface area contributed by atoms with Gasteiger partial charge in [-0.1, -0.05) is 0 Å². The fourth-order valence-corrected chi connectivity index (χ4v) is 1.63. The number of benzene rings is 1. The van der Waals surface area contributed by atoms with E-state index in [9.17, 15) is 0 Å². The third-order valence-electron chi connectivity index (χ3n) is 2.48. The number of hydrogen-bond acceptors (Lipinski definition) is 3. The van der Waals surface area contributed by atoms with Gasteiger partial charge in [0.1, 0.15) is 5.75 Å². The van der Waals surface area contributed by atoms with Gasteiger partial charge in [0, 0.05) is 12.7 Å². The van der Waals surface area contributed by atoms with E-state index in [1.165, 1.54) is 0 Å². The second-order valence-electron chi connectivity index (χ2n) is 3.60. The Morgan fingerprint density at radius 1 is 1.38 bits per heavy atom. The summed E-state index contributed by atoms with van der Waals surface area (Å²) in [6, 6.07) is 7.77. The van der Waals surface area contributed by atoms with E-state index in [-0.39, 0.29) is 0 Å². The van der Waals surface area contributed by atoms with Crippen molar-refractivity contribution in [1.29, 1.82) is 0 Å². The summed E-state index contributed by atoms with van der Waals surface area (Å²) in [6.45, 7) is 2.42. The zero-order valence-electron chi connectivity index (χ0n) is 9.47. The Balaban J connectivity index is 2.48. The maximum atomic E-state index is 5.72. The highest BCUT2D eigenvalue weighted by molar-refractivity contribution is 5.45. The topological polar surface area (TPSA) is 53.1 Å². The SMILES string of the molecule is COc1ccc(-n2ccc(C)n2)c(CN)c1. The number of aryl methyl sites for hydroxylation is 1. The predicted octanol–water partition coefficient (Wildman–Crippen LogP) is 1.65. The normalized spacial score (nSPS) is 10.4. The van der Waals surface area contributed by atoms with Gasteiger partial charge in [-0.25, -0.2) is 4.68 Å². The first-order chi connectivity index (χ1) is 7.74. The van der Waals surface area contributed by atoms with Gasteiger partial charge in [0.05, 0.1) is 18.5 Å². The molecule has 0 spiro atoms. The van der Waals surface area contributed by atoms with E-state index in [2.05, 4.69) is 5.10 Å². The molecule has 0 unspecified atom stereocenters. The number of nitrogens with zero attached hydrogens (tertiary/aromatic N) is 2. The molecule has 4 heteroatoms. The van der Waals surface area contributed by atoms with Crippen molar-refractivity contribution in [2.45, 2.75) is 13.5 Å². The summed E-state index contributed by atoms with van der Waals surface area (Å²) < 4.78 is 7.00. The van der Waals surface area contributed by atoms with Crippen LogP contribution in [0.2, 0.25) is 0 Å². The van der Waals surface area contributed by atoms with Crippen molar-refractivity contribution >= 4 is 0 Å². The molecule has 0 saturated carbocycles. The van der Waals surface area contributed by atoms with Crippen LogP contribution in [0.15, 0.2) is 30.5 Å². The Hall–Kier alpha value is -1.81. The second-order valence-corrected chi connectivity index (χ2v) is 3.60. The molecular formula is C12H15N3O. The van der Waals surface area contributed by atoms with Crippen LogP contribution in [-0.2, 0) is 6.54 Å². The number of ether oxygens (including phenoxy) is 1. The third kappa shape index (κ3) is 1.92. The first-order valence-corrected chi connectivity index (χ1v) is 5.14. The molecular weight excluding hydrogens is 202 g/mol. The molecule has 1 aromatic heterocycles. The van der Waals surface area contributed by atoms with Gasteiger partial charge in [0.25, 0.3) is 0 Å². The molecule has 0 bridgehead atoms. The first-order valence-electron chi connectivity index (χ1n) is 5.14. The lowest BCUT2D eigenvalue weighted by molar-refractivity contribution is 0.414. The van der Waals surface area contributed by atoms with Crippen LogP contribution in [0.25, 0.3) is 5.69 Å². The smallest absolute Gasteiger partial charge is 0.119 e. The third-order valence-corrected chi connectivity index (χ3v) is 2.48. The lowest BCUT2D eigenvalue weighted by Gasteiger charge is -2.09. The van der Waals surface area contributed by atoms with Crippen molar-refractivity contribution in [3.05, 3.63) is 41.7 Å². The zero-order chi connectivity index (χ0) is 11.5. The van der Waals surface area contributed by atoms with Gasteiger partial charge in [-0.05, 0) is 36.8 Å². The van der Waals surface area contributed by atoms with E-state index in [4.69, 9.17) is 10.5 Å². The second kappa shape index (κ2) is 4.37. The standard InChI is InChI=1S/C12H15N3O/c1-9-5-6-15(14-9)12-4-3-11(16-2)7-10(12)8-13/h3-7H,8,13H2,1-2H3. The largest absolute Gasteiger partial charge is 0.497 e. The average Bonchev–Trinajstić information content (AvgIpc) is 2.74. The number of aromatic nitrogens is 2. The number of hydrogen-bond donors (Lipinski definition) is 1. The van der Waals surface area contributed by atoms with Crippen molar-refractivity contribution in [1.82, 2.24) is 9.78 Å². The Morgan fingerprint density at radius 2 is 2.19 bits per heavy atom. The summed E-state index contributed by atoms with van der Waals surface area (Å²) in [5.41, 5.74) is 8.72. The summed E-state index contributed by atoms with van der Waals surface area (Å²) in [5.74, 6) is 0.813. The minimum atomic E-state index is 0.464. The fraction of sp³-hybridized carbons (Fsp3) is 0.250. The van der Waals surface area contributed by atoms with Crippen LogP contribution in [0.3, 0.4) is 0 Å². The molecule has 0 aliphatic heterocycles. The summed E-state index contributed by atoms with van der Waals surface area (Å²) in [6.07, 6.45) is 1.93. The van der Waals surface area contributed by atoms with Gasteiger partial charge in [-0.2, -0.15) is 5.10 Å². The molecule has 2 rings (SSSR count). The Bertz CT molecular complexity index is 491. The van der Waals surface area contributed by atoms with Gasteiger partial charge in [-0.3, -0.25) is 0 Å². The van der Waals surface area contributed by atoms with Crippen molar-refractivity contribution in [2.75, 3.05) is 7.11 Å². The number of rotatable bonds is 3. The maximum absolute atomic E-state index is 5.72. The molecule has 1 aromatic carbocycles. The van der Waals surface area contributed by atoms with Crippen LogP contribution in [-0.4, -0.2) is 16.9 Å². The van der Waals surface area contributed by atoms with Gasteiger partial charge >= 0.3 is 0 Å².